The summed E-state index contributed by atoms with van der Waals surface area (Å²) >= 11 is 0. The van der Waals surface area contributed by atoms with Crippen LogP contribution in [0.5, 0.6) is 0 Å². The van der Waals surface area contributed by atoms with Gasteiger partial charge in [0.15, 0.2) is 0 Å². The van der Waals surface area contributed by atoms with E-state index in [1.54, 1.807) is 12.1 Å². The van der Waals surface area contributed by atoms with Gasteiger partial charge in [-0.15, -0.1) is 0 Å². The van der Waals surface area contributed by atoms with Gasteiger partial charge in [0.1, 0.15) is 10.1 Å². The van der Waals surface area contributed by atoms with Gasteiger partial charge in [-0.1, -0.05) is 77.8 Å². The van der Waals surface area contributed by atoms with Crippen LogP contribution in [0.3, 0.4) is 0 Å². The normalized spacial score (nSPS) is 12.0. The van der Waals surface area contributed by atoms with Crippen LogP contribution in [0.4, 0.5) is 0 Å². The van der Waals surface area contributed by atoms with Crippen molar-refractivity contribution in [2.45, 2.75) is 82.4 Å². The average Bonchev–Trinajstić information content (AvgIpc) is 2.45. The van der Waals surface area contributed by atoms with Gasteiger partial charge in [0, 0.05) is 0 Å². The summed E-state index contributed by atoms with van der Waals surface area (Å²) in [5.41, 5.74) is 1.10. The molecule has 1 aromatic rings. The van der Waals surface area contributed by atoms with Crippen LogP contribution in [-0.4, -0.2) is 13.0 Å². The molecule has 23 heavy (non-hydrogen) atoms. The summed E-state index contributed by atoms with van der Waals surface area (Å²) in [6, 6.07) is 6.38. The van der Waals surface area contributed by atoms with Crippen molar-refractivity contribution in [3.63, 3.8) is 0 Å². The smallest absolute Gasteiger partial charge is 0.744 e. The van der Waals surface area contributed by atoms with Gasteiger partial charge in [0.05, 0.1) is 4.90 Å². The molecule has 0 spiro atoms. The standard InChI is InChI=1S/C18H30O3S.Na/c1-4-5-6-7-8-9-10-15-18(2,3)16-11-13-17(14-12-16)22(19,20)21;/h11-14H,4-10,15H2,1-3H3,(H,19,20,21);/q;+1/p-1. The van der Waals surface area contributed by atoms with Crippen molar-refractivity contribution in [3.8, 4) is 0 Å². The van der Waals surface area contributed by atoms with E-state index in [2.05, 4.69) is 20.8 Å². The van der Waals surface area contributed by atoms with E-state index < -0.39 is 10.1 Å². The van der Waals surface area contributed by atoms with Gasteiger partial charge in [-0.25, -0.2) is 8.42 Å². The predicted molar refractivity (Wildman–Crippen MR) is 90.0 cm³/mol. The average molecular weight is 348 g/mol. The molecule has 3 nitrogen and oxygen atoms in total. The Labute approximate surface area is 164 Å². The van der Waals surface area contributed by atoms with Gasteiger partial charge < -0.3 is 4.55 Å². The minimum Gasteiger partial charge on any atom is -0.744 e. The van der Waals surface area contributed by atoms with Crippen LogP contribution in [0.15, 0.2) is 29.2 Å². The van der Waals surface area contributed by atoms with Crippen molar-refractivity contribution < 1.29 is 42.5 Å². The first-order chi connectivity index (χ1) is 10.3. The molecule has 0 aliphatic heterocycles. The Morgan fingerprint density at radius 2 is 1.39 bits per heavy atom. The van der Waals surface area contributed by atoms with Crippen molar-refractivity contribution in [1.29, 1.82) is 0 Å². The summed E-state index contributed by atoms with van der Waals surface area (Å²) in [6.07, 6.45) is 10.1. The maximum absolute atomic E-state index is 11.0. The number of benzene rings is 1. The Bertz CT molecular complexity index is 536. The van der Waals surface area contributed by atoms with E-state index >= 15 is 0 Å². The number of hydrogen-bond acceptors (Lipinski definition) is 3. The van der Waals surface area contributed by atoms with E-state index in [1.807, 2.05) is 0 Å². The van der Waals surface area contributed by atoms with Gasteiger partial charge in [-0.05, 0) is 29.5 Å². The predicted octanol–water partition coefficient (Wildman–Crippen LogP) is 2.01. The molecular formula is C18H29NaO3S. The first-order valence-electron chi connectivity index (χ1n) is 8.34. The molecule has 0 bridgehead atoms. The fourth-order valence-corrected chi connectivity index (χ4v) is 3.21. The molecule has 126 valence electrons. The van der Waals surface area contributed by atoms with Gasteiger partial charge in [-0.3, -0.25) is 0 Å². The molecule has 0 heterocycles. The maximum atomic E-state index is 11.0. The van der Waals surface area contributed by atoms with Crippen molar-refractivity contribution in [2.24, 2.45) is 0 Å². The molecule has 0 N–H and O–H groups in total. The maximum Gasteiger partial charge on any atom is 1.00 e. The van der Waals surface area contributed by atoms with Gasteiger partial charge in [0.2, 0.25) is 0 Å². The Kier molecular flexibility index (Phi) is 10.9. The quantitative estimate of drug-likeness (QED) is 0.369. The Morgan fingerprint density at radius 3 is 1.87 bits per heavy atom. The van der Waals surface area contributed by atoms with Crippen molar-refractivity contribution in [2.75, 3.05) is 0 Å². The van der Waals surface area contributed by atoms with E-state index in [0.29, 0.717) is 0 Å². The SMILES string of the molecule is CCCCCCCCCC(C)(C)c1ccc(S(=O)(=O)[O-])cc1.[Na+]. The molecular weight excluding hydrogens is 319 g/mol. The van der Waals surface area contributed by atoms with Crippen molar-refractivity contribution in [3.05, 3.63) is 29.8 Å². The molecule has 0 aromatic heterocycles. The molecule has 1 aromatic carbocycles. The third kappa shape index (κ3) is 8.69. The topological polar surface area (TPSA) is 57.2 Å². The molecule has 0 unspecified atom stereocenters. The molecule has 0 radical (unpaired) electrons. The van der Waals surface area contributed by atoms with Crippen LogP contribution in [0.1, 0.15) is 77.7 Å². The molecule has 0 aliphatic rings. The minimum atomic E-state index is -4.35. The molecule has 0 aliphatic carbocycles. The number of hydrogen-bond donors (Lipinski definition) is 0. The Morgan fingerprint density at radius 1 is 0.913 bits per heavy atom. The minimum absolute atomic E-state index is 0. The third-order valence-electron chi connectivity index (χ3n) is 4.33. The van der Waals surface area contributed by atoms with E-state index in [9.17, 15) is 13.0 Å². The number of rotatable bonds is 10. The Balaban J connectivity index is 0.00000484. The van der Waals surface area contributed by atoms with E-state index in [4.69, 9.17) is 0 Å². The van der Waals surface area contributed by atoms with Crippen LogP contribution in [0, 0.1) is 0 Å². The molecule has 1 rings (SSSR count). The summed E-state index contributed by atoms with van der Waals surface area (Å²) in [6.45, 7) is 6.57. The second-order valence-electron chi connectivity index (χ2n) is 6.73. The fraction of sp³-hybridized carbons (Fsp3) is 0.667. The van der Waals surface area contributed by atoms with Crippen LogP contribution < -0.4 is 29.6 Å². The van der Waals surface area contributed by atoms with Crippen LogP contribution in [0.2, 0.25) is 0 Å². The fourth-order valence-electron chi connectivity index (χ4n) is 2.74. The molecule has 5 heteroatoms. The monoisotopic (exact) mass is 348 g/mol. The molecule has 0 saturated heterocycles. The van der Waals surface area contributed by atoms with Gasteiger partial charge in [0.25, 0.3) is 0 Å². The van der Waals surface area contributed by atoms with Crippen molar-refractivity contribution in [1.82, 2.24) is 0 Å². The molecule has 0 fully saturated rings. The van der Waals surface area contributed by atoms with E-state index in [0.717, 1.165) is 12.0 Å². The summed E-state index contributed by atoms with van der Waals surface area (Å²) in [7, 11) is -4.35. The zero-order chi connectivity index (χ0) is 16.6. The van der Waals surface area contributed by atoms with Crippen molar-refractivity contribution >= 4 is 10.1 Å². The number of unbranched alkanes of at least 4 members (excludes halogenated alkanes) is 6. The Hall–Kier alpha value is 0.130. The molecule has 0 amide bonds. The second kappa shape index (κ2) is 10.9. The summed E-state index contributed by atoms with van der Waals surface area (Å²) in [4.78, 5) is -0.150. The largest absolute Gasteiger partial charge is 1.00 e. The zero-order valence-electron chi connectivity index (χ0n) is 15.1. The summed E-state index contributed by atoms with van der Waals surface area (Å²) in [5.74, 6) is 0. The van der Waals surface area contributed by atoms with Gasteiger partial charge in [-0.2, -0.15) is 0 Å². The first-order valence-corrected chi connectivity index (χ1v) is 9.74. The van der Waals surface area contributed by atoms with Crippen LogP contribution in [0.25, 0.3) is 0 Å². The summed E-state index contributed by atoms with van der Waals surface area (Å²) < 4.78 is 32.9. The van der Waals surface area contributed by atoms with E-state index in [1.165, 1.54) is 57.1 Å². The third-order valence-corrected chi connectivity index (χ3v) is 5.18. The molecule has 0 saturated carbocycles. The molecule has 0 atom stereocenters. The second-order valence-corrected chi connectivity index (χ2v) is 8.11. The van der Waals surface area contributed by atoms with E-state index in [-0.39, 0.29) is 39.9 Å². The first kappa shape index (κ1) is 23.1. The van der Waals surface area contributed by atoms with Crippen LogP contribution in [-0.2, 0) is 15.5 Å². The van der Waals surface area contributed by atoms with Crippen LogP contribution >= 0.6 is 0 Å². The zero-order valence-corrected chi connectivity index (χ0v) is 17.9. The van der Waals surface area contributed by atoms with Gasteiger partial charge >= 0.3 is 29.6 Å². The summed E-state index contributed by atoms with van der Waals surface area (Å²) in [5, 5.41) is 0.